The SMILES string of the molecule is CCc1cc(F)c(-c2ccc3c(F)c(CCc4cc(F)c(OCC(F)(F)F)c(F)c4)ccc3c2)c(F)c1. The Bertz CT molecular complexity index is 1410. The van der Waals surface area contributed by atoms with Gasteiger partial charge in [0, 0.05) is 5.39 Å². The average Bonchev–Trinajstić information content (AvgIpc) is 2.82. The van der Waals surface area contributed by atoms with Crippen LogP contribution in [0.5, 0.6) is 5.75 Å². The van der Waals surface area contributed by atoms with Crippen molar-refractivity contribution in [2.45, 2.75) is 32.4 Å². The molecule has 0 fully saturated rings. The average molecular weight is 524 g/mol. The maximum Gasteiger partial charge on any atom is 0.422 e. The minimum Gasteiger partial charge on any atom is -0.478 e. The fourth-order valence-corrected chi connectivity index (χ4v) is 4.12. The Morgan fingerprint density at radius 3 is 1.92 bits per heavy atom. The van der Waals surface area contributed by atoms with Crippen LogP contribution in [-0.2, 0) is 19.3 Å². The van der Waals surface area contributed by atoms with Gasteiger partial charge in [0.25, 0.3) is 0 Å². The highest BCUT2D eigenvalue weighted by Gasteiger charge is 2.30. The molecule has 37 heavy (non-hydrogen) atoms. The summed E-state index contributed by atoms with van der Waals surface area (Å²) < 4.78 is 114. The summed E-state index contributed by atoms with van der Waals surface area (Å²) in [6.45, 7) is -0.0626. The molecule has 0 unspecified atom stereocenters. The van der Waals surface area contributed by atoms with Gasteiger partial charge in [0.1, 0.15) is 17.5 Å². The monoisotopic (exact) mass is 524 g/mol. The van der Waals surface area contributed by atoms with E-state index < -0.39 is 47.6 Å². The number of aryl methyl sites for hydroxylation is 3. The molecule has 0 aromatic heterocycles. The molecule has 0 atom stereocenters. The molecule has 0 bridgehead atoms. The molecule has 4 aromatic rings. The second-order valence-corrected chi connectivity index (χ2v) is 8.56. The van der Waals surface area contributed by atoms with Gasteiger partial charge in [-0.2, -0.15) is 13.2 Å². The van der Waals surface area contributed by atoms with Gasteiger partial charge in [0.2, 0.25) is 0 Å². The highest BCUT2D eigenvalue weighted by molar-refractivity contribution is 5.88. The number of halogens is 8. The van der Waals surface area contributed by atoms with Crippen LogP contribution in [0.3, 0.4) is 0 Å². The van der Waals surface area contributed by atoms with Crippen molar-refractivity contribution in [2.75, 3.05) is 6.61 Å². The fourth-order valence-electron chi connectivity index (χ4n) is 4.12. The summed E-state index contributed by atoms with van der Waals surface area (Å²) in [4.78, 5) is 0. The molecule has 0 N–H and O–H groups in total. The predicted molar refractivity (Wildman–Crippen MR) is 124 cm³/mol. The number of hydrogen-bond donors (Lipinski definition) is 0. The number of hydrogen-bond acceptors (Lipinski definition) is 1. The zero-order valence-electron chi connectivity index (χ0n) is 19.5. The normalized spacial score (nSPS) is 11.8. The van der Waals surface area contributed by atoms with E-state index in [1.54, 1.807) is 13.0 Å². The van der Waals surface area contributed by atoms with Gasteiger partial charge in [-0.25, -0.2) is 22.0 Å². The van der Waals surface area contributed by atoms with Crippen molar-refractivity contribution >= 4 is 10.8 Å². The predicted octanol–water partition coefficient (Wildman–Crippen LogP) is 8.49. The molecule has 0 aliphatic carbocycles. The Labute approximate surface area is 207 Å². The van der Waals surface area contributed by atoms with Crippen molar-refractivity contribution in [3.8, 4) is 16.9 Å². The molecule has 0 aliphatic heterocycles. The second-order valence-electron chi connectivity index (χ2n) is 8.56. The first kappa shape index (κ1) is 26.4. The Hall–Kier alpha value is -3.62. The summed E-state index contributed by atoms with van der Waals surface area (Å²) in [6.07, 6.45) is -4.26. The Morgan fingerprint density at radius 1 is 0.703 bits per heavy atom. The highest BCUT2D eigenvalue weighted by atomic mass is 19.4. The molecule has 0 radical (unpaired) electrons. The van der Waals surface area contributed by atoms with Gasteiger partial charge >= 0.3 is 6.18 Å². The maximum absolute atomic E-state index is 15.2. The van der Waals surface area contributed by atoms with Crippen molar-refractivity contribution in [1.29, 1.82) is 0 Å². The molecule has 194 valence electrons. The molecule has 0 heterocycles. The molecular weight excluding hydrogens is 504 g/mol. The minimum atomic E-state index is -4.76. The fraction of sp³-hybridized carbons (Fsp3) is 0.214. The summed E-state index contributed by atoms with van der Waals surface area (Å²) >= 11 is 0. The van der Waals surface area contributed by atoms with Gasteiger partial charge in [0.15, 0.2) is 24.0 Å². The van der Waals surface area contributed by atoms with E-state index in [0.717, 1.165) is 12.1 Å². The lowest BCUT2D eigenvalue weighted by Gasteiger charge is -2.13. The van der Waals surface area contributed by atoms with E-state index in [4.69, 9.17) is 0 Å². The van der Waals surface area contributed by atoms with E-state index in [1.165, 1.54) is 36.4 Å². The molecular formula is C28H20F8O. The summed E-state index contributed by atoms with van der Waals surface area (Å²) in [5, 5.41) is 0.598. The first-order valence-electron chi connectivity index (χ1n) is 11.3. The van der Waals surface area contributed by atoms with Crippen LogP contribution in [0.25, 0.3) is 21.9 Å². The smallest absolute Gasteiger partial charge is 0.422 e. The molecule has 0 saturated heterocycles. The van der Waals surface area contributed by atoms with Crippen LogP contribution in [0, 0.1) is 29.1 Å². The van der Waals surface area contributed by atoms with E-state index in [-0.39, 0.29) is 40.5 Å². The van der Waals surface area contributed by atoms with Gasteiger partial charge in [-0.3, -0.25) is 0 Å². The van der Waals surface area contributed by atoms with Crippen molar-refractivity contribution in [3.05, 3.63) is 100 Å². The second kappa shape index (κ2) is 10.4. The maximum atomic E-state index is 15.2. The first-order chi connectivity index (χ1) is 17.5. The lowest BCUT2D eigenvalue weighted by Crippen LogP contribution is -2.20. The third-order valence-corrected chi connectivity index (χ3v) is 5.95. The topological polar surface area (TPSA) is 9.23 Å². The molecule has 0 aliphatic rings. The molecule has 4 aromatic carbocycles. The Balaban J connectivity index is 1.55. The van der Waals surface area contributed by atoms with Crippen LogP contribution >= 0.6 is 0 Å². The number of rotatable bonds is 7. The van der Waals surface area contributed by atoms with Crippen molar-refractivity contribution < 1.29 is 39.9 Å². The number of ether oxygens (including phenoxy) is 1. The molecule has 4 rings (SSSR count). The van der Waals surface area contributed by atoms with Crippen LogP contribution in [0.2, 0.25) is 0 Å². The van der Waals surface area contributed by atoms with Gasteiger partial charge in [-0.15, -0.1) is 0 Å². The van der Waals surface area contributed by atoms with Crippen LogP contribution in [0.4, 0.5) is 35.1 Å². The van der Waals surface area contributed by atoms with E-state index in [0.29, 0.717) is 17.4 Å². The standard InChI is InChI=1S/C28H20F8O/c1-2-15-9-21(29)25(22(30)10-15)19-7-8-20-18(13-19)6-5-17(26(20)33)4-3-16-11-23(31)27(24(32)12-16)37-14-28(34,35)36/h5-13H,2-4,14H2,1H3. The first-order valence-corrected chi connectivity index (χ1v) is 11.3. The van der Waals surface area contributed by atoms with Gasteiger partial charge in [-0.1, -0.05) is 31.2 Å². The van der Waals surface area contributed by atoms with E-state index >= 15 is 4.39 Å². The Morgan fingerprint density at radius 2 is 1.32 bits per heavy atom. The lowest BCUT2D eigenvalue weighted by atomic mass is 9.96. The molecule has 0 amide bonds. The number of fused-ring (bicyclic) bond motifs is 1. The third kappa shape index (κ3) is 5.87. The van der Waals surface area contributed by atoms with E-state index in [9.17, 15) is 30.7 Å². The third-order valence-electron chi connectivity index (χ3n) is 5.95. The van der Waals surface area contributed by atoms with Crippen LogP contribution in [0.15, 0.2) is 54.6 Å². The van der Waals surface area contributed by atoms with Crippen LogP contribution in [-0.4, -0.2) is 12.8 Å². The van der Waals surface area contributed by atoms with Crippen LogP contribution < -0.4 is 4.74 Å². The summed E-state index contributed by atoms with van der Waals surface area (Å²) in [6, 6.07) is 11.5. The largest absolute Gasteiger partial charge is 0.478 e. The molecule has 0 spiro atoms. The molecule has 0 saturated carbocycles. The zero-order valence-corrected chi connectivity index (χ0v) is 19.5. The summed E-state index contributed by atoms with van der Waals surface area (Å²) in [5.41, 5.74) is 0.874. The number of benzene rings is 4. The summed E-state index contributed by atoms with van der Waals surface area (Å²) in [5.74, 6) is -5.76. The Kier molecular flexibility index (Phi) is 7.43. The lowest BCUT2D eigenvalue weighted by molar-refractivity contribution is -0.154. The van der Waals surface area contributed by atoms with Crippen molar-refractivity contribution in [2.24, 2.45) is 0 Å². The van der Waals surface area contributed by atoms with Gasteiger partial charge in [0.05, 0.1) is 5.56 Å². The highest BCUT2D eigenvalue weighted by Crippen LogP contribution is 2.32. The number of alkyl halides is 3. The van der Waals surface area contributed by atoms with Crippen LogP contribution in [0.1, 0.15) is 23.6 Å². The van der Waals surface area contributed by atoms with Gasteiger partial charge < -0.3 is 4.74 Å². The van der Waals surface area contributed by atoms with E-state index in [1.807, 2.05) is 0 Å². The quantitative estimate of drug-likeness (QED) is 0.220. The van der Waals surface area contributed by atoms with Crippen molar-refractivity contribution in [1.82, 2.24) is 0 Å². The minimum absolute atomic E-state index is 0.00585. The molecule has 1 nitrogen and oxygen atoms in total. The van der Waals surface area contributed by atoms with Crippen molar-refractivity contribution in [3.63, 3.8) is 0 Å². The molecule has 9 heteroatoms. The zero-order chi connectivity index (χ0) is 26.9. The van der Waals surface area contributed by atoms with E-state index in [2.05, 4.69) is 4.74 Å². The summed E-state index contributed by atoms with van der Waals surface area (Å²) in [7, 11) is 0. The van der Waals surface area contributed by atoms with Gasteiger partial charge in [-0.05, 0) is 77.2 Å².